The maximum absolute atomic E-state index is 10.9. The first-order chi connectivity index (χ1) is 8.66. The molecule has 18 heavy (non-hydrogen) atoms. The quantitative estimate of drug-likeness (QED) is 0.891. The first kappa shape index (κ1) is 12.9. The predicted octanol–water partition coefficient (Wildman–Crippen LogP) is 2.43. The average molecular weight is 250 g/mol. The first-order valence-corrected chi connectivity index (χ1v) is 6.24. The van der Waals surface area contributed by atoms with Crippen molar-refractivity contribution in [3.63, 3.8) is 0 Å². The summed E-state index contributed by atoms with van der Waals surface area (Å²) in [5, 5.41) is 8.99. The fourth-order valence-corrected chi connectivity index (χ4v) is 1.99. The molecule has 1 atom stereocenters. The van der Waals surface area contributed by atoms with Gasteiger partial charge in [-0.2, -0.15) is 0 Å². The van der Waals surface area contributed by atoms with Crippen LogP contribution in [0.1, 0.15) is 31.2 Å². The number of carboxylic acid groups (broad SMARTS) is 1. The van der Waals surface area contributed by atoms with Crippen molar-refractivity contribution in [2.24, 2.45) is 0 Å². The molecular formula is C14H18O4. The molecule has 4 heteroatoms. The van der Waals surface area contributed by atoms with E-state index in [0.29, 0.717) is 0 Å². The Hall–Kier alpha value is -1.55. The summed E-state index contributed by atoms with van der Waals surface area (Å²) < 4.78 is 11.1. The molecule has 0 bridgehead atoms. The molecule has 0 saturated carbocycles. The van der Waals surface area contributed by atoms with Crippen LogP contribution in [0.4, 0.5) is 0 Å². The zero-order chi connectivity index (χ0) is 13.0. The molecule has 0 radical (unpaired) electrons. The van der Waals surface area contributed by atoms with Crippen LogP contribution in [0.2, 0.25) is 0 Å². The topological polar surface area (TPSA) is 55.8 Å². The van der Waals surface area contributed by atoms with E-state index in [9.17, 15) is 4.79 Å². The number of carboxylic acids is 1. The van der Waals surface area contributed by atoms with Crippen molar-refractivity contribution in [1.29, 1.82) is 0 Å². The minimum atomic E-state index is -0.821. The van der Waals surface area contributed by atoms with Gasteiger partial charge in [0.2, 0.25) is 0 Å². The zero-order valence-corrected chi connectivity index (χ0v) is 10.5. The third-order valence-electron chi connectivity index (χ3n) is 3.20. The SMILES string of the molecule is CC(C(=O)O)c1cccc(OC2CCOCC2)c1. The zero-order valence-electron chi connectivity index (χ0n) is 10.5. The highest BCUT2D eigenvalue weighted by atomic mass is 16.5. The third kappa shape index (κ3) is 3.23. The average Bonchev–Trinajstić information content (AvgIpc) is 2.39. The van der Waals surface area contributed by atoms with Gasteiger partial charge in [-0.05, 0) is 24.6 Å². The summed E-state index contributed by atoms with van der Waals surface area (Å²) in [4.78, 5) is 10.9. The van der Waals surface area contributed by atoms with Crippen molar-refractivity contribution in [2.75, 3.05) is 13.2 Å². The van der Waals surface area contributed by atoms with Crippen LogP contribution in [0.3, 0.4) is 0 Å². The van der Waals surface area contributed by atoms with Crippen LogP contribution >= 0.6 is 0 Å². The van der Waals surface area contributed by atoms with Crippen molar-refractivity contribution in [3.05, 3.63) is 29.8 Å². The molecule has 1 saturated heterocycles. The number of rotatable bonds is 4. The van der Waals surface area contributed by atoms with Crippen LogP contribution in [-0.4, -0.2) is 30.4 Å². The highest BCUT2D eigenvalue weighted by Gasteiger charge is 2.17. The lowest BCUT2D eigenvalue weighted by Crippen LogP contribution is -2.25. The molecule has 0 aromatic heterocycles. The highest BCUT2D eigenvalue weighted by molar-refractivity contribution is 5.75. The van der Waals surface area contributed by atoms with Crippen LogP contribution < -0.4 is 4.74 Å². The lowest BCUT2D eigenvalue weighted by Gasteiger charge is -2.23. The summed E-state index contributed by atoms with van der Waals surface area (Å²) in [6.07, 6.45) is 1.95. The van der Waals surface area contributed by atoms with E-state index < -0.39 is 11.9 Å². The van der Waals surface area contributed by atoms with Crippen molar-refractivity contribution in [2.45, 2.75) is 31.8 Å². The van der Waals surface area contributed by atoms with Crippen molar-refractivity contribution in [3.8, 4) is 5.75 Å². The molecule has 0 aliphatic carbocycles. The minimum absolute atomic E-state index is 0.175. The summed E-state index contributed by atoms with van der Waals surface area (Å²) in [7, 11) is 0. The molecule has 4 nitrogen and oxygen atoms in total. The molecule has 98 valence electrons. The summed E-state index contributed by atoms with van der Waals surface area (Å²) in [6, 6.07) is 7.33. The maximum Gasteiger partial charge on any atom is 0.310 e. The molecule has 0 amide bonds. The van der Waals surface area contributed by atoms with E-state index in [-0.39, 0.29) is 6.10 Å². The standard InChI is InChI=1S/C14H18O4/c1-10(14(15)16)11-3-2-4-13(9-11)18-12-5-7-17-8-6-12/h2-4,9-10,12H,5-8H2,1H3,(H,15,16). The lowest BCUT2D eigenvalue weighted by atomic mass is 10.0. The van der Waals surface area contributed by atoms with Crippen molar-refractivity contribution >= 4 is 5.97 Å². The molecule has 1 aromatic carbocycles. The van der Waals surface area contributed by atoms with E-state index >= 15 is 0 Å². The number of carbonyl (C=O) groups is 1. The monoisotopic (exact) mass is 250 g/mol. The van der Waals surface area contributed by atoms with Crippen molar-refractivity contribution < 1.29 is 19.4 Å². The van der Waals surface area contributed by atoms with E-state index in [1.807, 2.05) is 24.3 Å². The van der Waals surface area contributed by atoms with Crippen LogP contribution in [0.15, 0.2) is 24.3 Å². The van der Waals surface area contributed by atoms with Crippen molar-refractivity contribution in [1.82, 2.24) is 0 Å². The Labute approximate surface area is 107 Å². The van der Waals surface area contributed by atoms with E-state index in [2.05, 4.69) is 0 Å². The molecule has 1 heterocycles. The Bertz CT molecular complexity index is 410. The number of ether oxygens (including phenoxy) is 2. The Morgan fingerprint density at radius 1 is 1.44 bits per heavy atom. The van der Waals surface area contributed by atoms with Gasteiger partial charge < -0.3 is 14.6 Å². The maximum atomic E-state index is 10.9. The highest BCUT2D eigenvalue weighted by Crippen LogP contribution is 2.23. The normalized spacial score (nSPS) is 18.3. The van der Waals surface area contributed by atoms with Gasteiger partial charge >= 0.3 is 5.97 Å². The Morgan fingerprint density at radius 3 is 2.83 bits per heavy atom. The summed E-state index contributed by atoms with van der Waals surface area (Å²) in [6.45, 7) is 3.14. The number of hydrogen-bond acceptors (Lipinski definition) is 3. The van der Waals surface area contributed by atoms with Gasteiger partial charge in [-0.3, -0.25) is 4.79 Å². The molecule has 1 aromatic rings. The van der Waals surface area contributed by atoms with Gasteiger partial charge in [0.1, 0.15) is 11.9 Å². The lowest BCUT2D eigenvalue weighted by molar-refractivity contribution is -0.138. The summed E-state index contributed by atoms with van der Waals surface area (Å²) >= 11 is 0. The molecular weight excluding hydrogens is 232 g/mol. The largest absolute Gasteiger partial charge is 0.490 e. The minimum Gasteiger partial charge on any atom is -0.490 e. The molecule has 1 fully saturated rings. The third-order valence-corrected chi connectivity index (χ3v) is 3.20. The molecule has 1 N–H and O–H groups in total. The molecule has 1 aliphatic heterocycles. The second kappa shape index (κ2) is 5.87. The summed E-state index contributed by atoms with van der Waals surface area (Å²) in [5.41, 5.74) is 0.770. The second-order valence-electron chi connectivity index (χ2n) is 4.56. The Balaban J connectivity index is 2.04. The van der Waals surface area contributed by atoms with Crippen LogP contribution in [0.25, 0.3) is 0 Å². The fourth-order valence-electron chi connectivity index (χ4n) is 1.99. The van der Waals surface area contributed by atoms with E-state index in [1.54, 1.807) is 6.92 Å². The first-order valence-electron chi connectivity index (χ1n) is 6.24. The number of hydrogen-bond donors (Lipinski definition) is 1. The van der Waals surface area contributed by atoms with Crippen LogP contribution in [0.5, 0.6) is 5.75 Å². The second-order valence-corrected chi connectivity index (χ2v) is 4.56. The molecule has 1 unspecified atom stereocenters. The van der Waals surface area contributed by atoms with Gasteiger partial charge in [-0.1, -0.05) is 12.1 Å². The Kier molecular flexibility index (Phi) is 4.20. The van der Waals surface area contributed by atoms with Gasteiger partial charge in [0.25, 0.3) is 0 Å². The molecule has 0 spiro atoms. The summed E-state index contributed by atoms with van der Waals surface area (Å²) in [5.74, 6) is -0.589. The van der Waals surface area contributed by atoms with E-state index in [4.69, 9.17) is 14.6 Å². The van der Waals surface area contributed by atoms with E-state index in [0.717, 1.165) is 37.4 Å². The van der Waals surface area contributed by atoms with Gasteiger partial charge in [-0.15, -0.1) is 0 Å². The number of aliphatic carboxylic acids is 1. The fraction of sp³-hybridized carbons (Fsp3) is 0.500. The molecule has 1 aliphatic rings. The predicted molar refractivity (Wildman–Crippen MR) is 67.0 cm³/mol. The van der Waals surface area contributed by atoms with Crippen LogP contribution in [-0.2, 0) is 9.53 Å². The van der Waals surface area contributed by atoms with E-state index in [1.165, 1.54) is 0 Å². The van der Waals surface area contributed by atoms with Crippen LogP contribution in [0, 0.1) is 0 Å². The van der Waals surface area contributed by atoms with Gasteiger partial charge in [0, 0.05) is 12.8 Å². The van der Waals surface area contributed by atoms with Gasteiger partial charge in [0.15, 0.2) is 0 Å². The smallest absolute Gasteiger partial charge is 0.310 e. The molecule has 2 rings (SSSR count). The number of benzene rings is 1. The Morgan fingerprint density at radius 2 is 2.17 bits per heavy atom. The van der Waals surface area contributed by atoms with Gasteiger partial charge in [0.05, 0.1) is 19.1 Å². The van der Waals surface area contributed by atoms with Gasteiger partial charge in [-0.25, -0.2) is 0 Å².